The maximum Gasteiger partial charge on any atom is -0.00258 e. The highest BCUT2D eigenvalue weighted by Gasteiger charge is 2.04. The molecule has 0 aliphatic heterocycles. The van der Waals surface area contributed by atoms with Crippen LogP contribution in [0.25, 0.3) is 10.8 Å². The van der Waals surface area contributed by atoms with Gasteiger partial charge in [0, 0.05) is 0 Å². The van der Waals surface area contributed by atoms with Crippen LogP contribution in [0.5, 0.6) is 0 Å². The second-order valence-electron chi connectivity index (χ2n) is 7.83. The molecule has 8 bridgehead atoms. The van der Waals surface area contributed by atoms with Crippen molar-refractivity contribution in [3.05, 3.63) is 118 Å². The minimum atomic E-state index is 1.01. The lowest BCUT2D eigenvalue weighted by molar-refractivity contribution is 0.959. The Balaban J connectivity index is 1.54. The van der Waals surface area contributed by atoms with E-state index in [0.29, 0.717) is 0 Å². The third-order valence-electron chi connectivity index (χ3n) is 5.83. The molecule has 4 aromatic rings. The molecular formula is C27H24. The lowest BCUT2D eigenvalue weighted by atomic mass is 9.98. The fraction of sp³-hybridized carbons (Fsp3) is 0.185. The van der Waals surface area contributed by atoms with Crippen LogP contribution in [0.4, 0.5) is 0 Å². The molecule has 9 aliphatic rings. The second-order valence-corrected chi connectivity index (χ2v) is 7.83. The molecule has 4 aromatic carbocycles. The van der Waals surface area contributed by atoms with Gasteiger partial charge in [0.05, 0.1) is 0 Å². The van der Waals surface area contributed by atoms with Crippen molar-refractivity contribution in [2.75, 3.05) is 0 Å². The van der Waals surface area contributed by atoms with Crippen LogP contribution >= 0.6 is 0 Å². The number of hydrogen-bond donors (Lipinski definition) is 0. The Bertz CT molecular complexity index is 981. The number of rotatable bonds is 0. The van der Waals surface area contributed by atoms with Crippen molar-refractivity contribution >= 4 is 10.8 Å². The maximum absolute atomic E-state index is 2.36. The topological polar surface area (TPSA) is 0 Å². The summed E-state index contributed by atoms with van der Waals surface area (Å²) < 4.78 is 0. The number of aryl methyl sites for hydroxylation is 4. The van der Waals surface area contributed by atoms with Gasteiger partial charge in [0.25, 0.3) is 0 Å². The molecule has 0 amide bonds. The summed E-state index contributed by atoms with van der Waals surface area (Å²) in [7, 11) is 0. The van der Waals surface area contributed by atoms with E-state index in [4.69, 9.17) is 0 Å². The average molecular weight is 348 g/mol. The van der Waals surface area contributed by atoms with Crippen molar-refractivity contribution in [3.63, 3.8) is 0 Å². The fourth-order valence-corrected chi connectivity index (χ4v) is 4.12. The van der Waals surface area contributed by atoms with Crippen LogP contribution in [-0.4, -0.2) is 0 Å². The smallest absolute Gasteiger partial charge is 0.00258 e. The predicted octanol–water partition coefficient (Wildman–Crippen LogP) is 6.31. The van der Waals surface area contributed by atoms with Crippen LogP contribution in [-0.2, 0) is 32.1 Å². The van der Waals surface area contributed by atoms with E-state index in [9.17, 15) is 0 Å². The standard InChI is InChI=1S/C27H24/c1-7-22-8-2-20(1)5-11-24-13-15-27-19-25(14-16-26(27)18-24)12-6-21-3-9-23(17-22)10-4-21/h1-4,7-10,13-16,18-19H,5-6,11-12,17H2. The van der Waals surface area contributed by atoms with Gasteiger partial charge in [-0.15, -0.1) is 0 Å². The number of hydrogen-bond acceptors (Lipinski definition) is 0. The predicted molar refractivity (Wildman–Crippen MR) is 114 cm³/mol. The van der Waals surface area contributed by atoms with Crippen molar-refractivity contribution < 1.29 is 0 Å². The molecule has 0 unspecified atom stereocenters. The molecule has 0 spiro atoms. The van der Waals surface area contributed by atoms with Crippen molar-refractivity contribution in [1.82, 2.24) is 0 Å². The number of benzene rings is 4. The van der Waals surface area contributed by atoms with E-state index in [1.807, 2.05) is 0 Å². The molecule has 0 heterocycles. The average Bonchev–Trinajstić information content (AvgIpc) is 2.72. The summed E-state index contributed by atoms with van der Waals surface area (Å²) in [5.41, 5.74) is 8.47. The molecule has 27 heavy (non-hydrogen) atoms. The Morgan fingerprint density at radius 1 is 0.333 bits per heavy atom. The molecular weight excluding hydrogens is 324 g/mol. The summed E-state index contributed by atoms with van der Waals surface area (Å²) in [5.74, 6) is 0. The highest BCUT2D eigenvalue weighted by atomic mass is 14.1. The van der Waals surface area contributed by atoms with Gasteiger partial charge >= 0.3 is 0 Å². The van der Waals surface area contributed by atoms with E-state index in [1.54, 1.807) is 0 Å². The zero-order chi connectivity index (χ0) is 18.1. The first kappa shape index (κ1) is 16.3. The molecule has 0 nitrogen and oxygen atoms in total. The van der Waals surface area contributed by atoms with Gasteiger partial charge in [-0.25, -0.2) is 0 Å². The van der Waals surface area contributed by atoms with E-state index in [0.717, 1.165) is 32.1 Å². The lowest BCUT2D eigenvalue weighted by Crippen LogP contribution is -1.93. The van der Waals surface area contributed by atoms with Crippen molar-refractivity contribution in [3.8, 4) is 0 Å². The van der Waals surface area contributed by atoms with Crippen LogP contribution < -0.4 is 0 Å². The first-order valence-corrected chi connectivity index (χ1v) is 9.99. The van der Waals surface area contributed by atoms with Crippen molar-refractivity contribution in [2.24, 2.45) is 0 Å². The van der Waals surface area contributed by atoms with Gasteiger partial charge < -0.3 is 0 Å². The minimum Gasteiger partial charge on any atom is -0.0587 e. The van der Waals surface area contributed by atoms with Crippen molar-refractivity contribution in [1.29, 1.82) is 0 Å². The Labute approximate surface area is 161 Å². The van der Waals surface area contributed by atoms with Gasteiger partial charge in [-0.3, -0.25) is 0 Å². The van der Waals surface area contributed by atoms with Gasteiger partial charge in [-0.05, 0) is 76.3 Å². The molecule has 0 N–H and O–H groups in total. The molecule has 0 atom stereocenters. The fourth-order valence-electron chi connectivity index (χ4n) is 4.12. The molecule has 9 aliphatic carbocycles. The van der Waals surface area contributed by atoms with Crippen LogP contribution in [0.15, 0.2) is 84.9 Å². The SMILES string of the molecule is c1cc2ccc1CCc1ccc3cc(ccc3c1)CCc1ccc(cc1)C2. The second kappa shape index (κ2) is 7.04. The monoisotopic (exact) mass is 348 g/mol. The Hall–Kier alpha value is -2.86. The third-order valence-corrected chi connectivity index (χ3v) is 5.83. The molecule has 0 radical (unpaired) electrons. The first-order chi connectivity index (χ1) is 13.3. The van der Waals surface area contributed by atoms with Gasteiger partial charge in [-0.1, -0.05) is 84.9 Å². The van der Waals surface area contributed by atoms with Gasteiger partial charge in [-0.2, -0.15) is 0 Å². The normalized spacial score (nSPS) is 13.9. The van der Waals surface area contributed by atoms with Crippen LogP contribution in [0.3, 0.4) is 0 Å². The van der Waals surface area contributed by atoms with Gasteiger partial charge in [0.2, 0.25) is 0 Å². The molecule has 0 aromatic heterocycles. The van der Waals surface area contributed by atoms with E-state index >= 15 is 0 Å². The molecule has 132 valence electrons. The van der Waals surface area contributed by atoms with Crippen LogP contribution in [0.1, 0.15) is 33.4 Å². The highest BCUT2D eigenvalue weighted by molar-refractivity contribution is 5.83. The highest BCUT2D eigenvalue weighted by Crippen LogP contribution is 2.21. The summed E-state index contributed by atoms with van der Waals surface area (Å²) in [6.45, 7) is 0. The summed E-state index contributed by atoms with van der Waals surface area (Å²) in [6, 6.07) is 32.3. The summed E-state index contributed by atoms with van der Waals surface area (Å²) >= 11 is 0. The van der Waals surface area contributed by atoms with E-state index in [2.05, 4.69) is 84.9 Å². The Morgan fingerprint density at radius 3 is 1.11 bits per heavy atom. The molecule has 0 heteroatoms. The van der Waals surface area contributed by atoms with Crippen LogP contribution in [0.2, 0.25) is 0 Å². The lowest BCUT2D eigenvalue weighted by Gasteiger charge is -2.07. The van der Waals surface area contributed by atoms with Crippen molar-refractivity contribution in [2.45, 2.75) is 32.1 Å². The zero-order valence-electron chi connectivity index (χ0n) is 15.6. The zero-order valence-corrected chi connectivity index (χ0v) is 15.6. The molecule has 0 saturated heterocycles. The van der Waals surface area contributed by atoms with Gasteiger partial charge in [0.1, 0.15) is 0 Å². The third kappa shape index (κ3) is 3.66. The first-order valence-electron chi connectivity index (χ1n) is 9.99. The molecule has 0 saturated carbocycles. The molecule has 13 rings (SSSR count). The Morgan fingerprint density at radius 2 is 0.667 bits per heavy atom. The van der Waals surface area contributed by atoms with Crippen LogP contribution in [0, 0.1) is 0 Å². The van der Waals surface area contributed by atoms with E-state index < -0.39 is 0 Å². The summed E-state index contributed by atoms with van der Waals surface area (Å²) in [4.78, 5) is 0. The summed E-state index contributed by atoms with van der Waals surface area (Å²) in [5, 5.41) is 2.71. The van der Waals surface area contributed by atoms with E-state index in [1.165, 1.54) is 44.2 Å². The minimum absolute atomic E-state index is 1.01. The largest absolute Gasteiger partial charge is 0.0587 e. The quantitative estimate of drug-likeness (QED) is 0.349. The molecule has 0 fully saturated rings. The Kier molecular flexibility index (Phi) is 4.26. The summed E-state index contributed by atoms with van der Waals surface area (Å²) in [6.07, 6.45) is 5.40. The maximum atomic E-state index is 2.36. The van der Waals surface area contributed by atoms with Gasteiger partial charge in [0.15, 0.2) is 0 Å². The van der Waals surface area contributed by atoms with E-state index in [-0.39, 0.29) is 0 Å².